The summed E-state index contributed by atoms with van der Waals surface area (Å²) in [5.74, 6) is 0.692. The van der Waals surface area contributed by atoms with Crippen molar-refractivity contribution in [3.63, 3.8) is 0 Å². The van der Waals surface area contributed by atoms with Crippen LogP contribution in [0.25, 0.3) is 0 Å². The van der Waals surface area contributed by atoms with Crippen LogP contribution >= 0.6 is 11.6 Å². The summed E-state index contributed by atoms with van der Waals surface area (Å²) < 4.78 is 5.82. The molecule has 7 heteroatoms. The summed E-state index contributed by atoms with van der Waals surface area (Å²) >= 11 is 6.04. The van der Waals surface area contributed by atoms with Crippen molar-refractivity contribution in [2.45, 2.75) is 13.8 Å². The number of nitrogens with one attached hydrogen (secondary N) is 2. The molecule has 0 saturated heterocycles. The van der Waals surface area contributed by atoms with Gasteiger partial charge < -0.3 is 25.4 Å². The van der Waals surface area contributed by atoms with Crippen molar-refractivity contribution in [3.8, 4) is 11.5 Å². The number of rotatable bonds is 8. The van der Waals surface area contributed by atoms with Crippen LogP contribution in [0.15, 0.2) is 42.5 Å². The molecule has 0 fully saturated rings. The SMILES string of the molecule is CCN(CC)CCOc1ccc(Cl)cc1NC(=O)Nc1ccc(O)cc1. The Morgan fingerprint density at radius 3 is 2.46 bits per heavy atom. The van der Waals surface area contributed by atoms with E-state index in [2.05, 4.69) is 29.4 Å². The number of carbonyl (C=O) groups excluding carboxylic acids is 1. The zero-order valence-electron chi connectivity index (χ0n) is 15.0. The lowest BCUT2D eigenvalue weighted by Gasteiger charge is -2.19. The second-order valence-electron chi connectivity index (χ2n) is 5.64. The highest BCUT2D eigenvalue weighted by Gasteiger charge is 2.10. The molecule has 0 heterocycles. The molecule has 0 aliphatic carbocycles. The molecule has 0 atom stereocenters. The van der Waals surface area contributed by atoms with Crippen LogP contribution in [-0.4, -0.2) is 42.3 Å². The molecule has 140 valence electrons. The zero-order chi connectivity index (χ0) is 18.9. The predicted octanol–water partition coefficient (Wildman–Crippen LogP) is 4.41. The summed E-state index contributed by atoms with van der Waals surface area (Å²) in [6.45, 7) is 7.44. The van der Waals surface area contributed by atoms with E-state index in [9.17, 15) is 9.90 Å². The minimum atomic E-state index is -0.424. The molecule has 0 radical (unpaired) electrons. The molecule has 6 nitrogen and oxygen atoms in total. The van der Waals surface area contributed by atoms with E-state index >= 15 is 0 Å². The predicted molar refractivity (Wildman–Crippen MR) is 105 cm³/mol. The standard InChI is InChI=1S/C19H24ClN3O3/c1-3-23(4-2)11-12-26-18-10-5-14(20)13-17(18)22-19(25)21-15-6-8-16(24)9-7-15/h5-10,13,24H,3-4,11-12H2,1-2H3,(H2,21,22,25). The largest absolute Gasteiger partial charge is 0.508 e. The number of halogens is 1. The summed E-state index contributed by atoms with van der Waals surface area (Å²) in [4.78, 5) is 14.5. The first kappa shape index (κ1) is 19.9. The fourth-order valence-electron chi connectivity index (χ4n) is 2.38. The van der Waals surface area contributed by atoms with Crippen molar-refractivity contribution < 1.29 is 14.6 Å². The molecule has 0 bridgehead atoms. The van der Waals surface area contributed by atoms with E-state index in [1.807, 2.05) is 0 Å². The van der Waals surface area contributed by atoms with Gasteiger partial charge in [0, 0.05) is 17.3 Å². The van der Waals surface area contributed by atoms with E-state index in [-0.39, 0.29) is 5.75 Å². The van der Waals surface area contributed by atoms with Gasteiger partial charge in [-0.05, 0) is 55.6 Å². The zero-order valence-corrected chi connectivity index (χ0v) is 15.7. The third-order valence-corrected chi connectivity index (χ3v) is 4.11. The topological polar surface area (TPSA) is 73.8 Å². The number of amides is 2. The second-order valence-corrected chi connectivity index (χ2v) is 6.08. The van der Waals surface area contributed by atoms with Crippen LogP contribution in [0.4, 0.5) is 16.2 Å². The highest BCUT2D eigenvalue weighted by molar-refractivity contribution is 6.31. The lowest BCUT2D eigenvalue weighted by molar-refractivity contribution is 0.223. The molecular formula is C19H24ClN3O3. The number of phenolic OH excluding ortho intramolecular Hbond substituents is 1. The van der Waals surface area contributed by atoms with Gasteiger partial charge in [-0.25, -0.2) is 4.79 Å². The number of phenols is 1. The van der Waals surface area contributed by atoms with Gasteiger partial charge in [0.25, 0.3) is 0 Å². The molecule has 0 aliphatic rings. The fourth-order valence-corrected chi connectivity index (χ4v) is 2.55. The minimum absolute atomic E-state index is 0.134. The monoisotopic (exact) mass is 377 g/mol. The normalized spacial score (nSPS) is 10.6. The third-order valence-electron chi connectivity index (χ3n) is 3.87. The summed E-state index contributed by atoms with van der Waals surface area (Å²) in [6.07, 6.45) is 0. The Morgan fingerprint density at radius 2 is 1.81 bits per heavy atom. The van der Waals surface area contributed by atoms with Gasteiger partial charge in [0.15, 0.2) is 0 Å². The Morgan fingerprint density at radius 1 is 1.12 bits per heavy atom. The number of ether oxygens (including phenoxy) is 1. The van der Waals surface area contributed by atoms with Gasteiger partial charge in [-0.3, -0.25) is 0 Å². The maximum absolute atomic E-state index is 12.2. The average molecular weight is 378 g/mol. The average Bonchev–Trinajstić information content (AvgIpc) is 2.62. The molecule has 0 aliphatic heterocycles. The molecule has 0 aromatic heterocycles. The number of benzene rings is 2. The number of likely N-dealkylation sites (N-methyl/N-ethyl adjacent to an activating group) is 1. The van der Waals surface area contributed by atoms with Crippen molar-refractivity contribution in [1.29, 1.82) is 0 Å². The number of aromatic hydroxyl groups is 1. The number of urea groups is 1. The fraction of sp³-hybridized carbons (Fsp3) is 0.316. The summed E-state index contributed by atoms with van der Waals surface area (Å²) in [6, 6.07) is 10.9. The minimum Gasteiger partial charge on any atom is -0.508 e. The molecule has 0 spiro atoms. The molecular weight excluding hydrogens is 354 g/mol. The first-order valence-electron chi connectivity index (χ1n) is 8.53. The van der Waals surface area contributed by atoms with E-state index in [4.69, 9.17) is 16.3 Å². The Labute approximate surface area is 158 Å². The van der Waals surface area contributed by atoms with Gasteiger partial charge in [-0.15, -0.1) is 0 Å². The highest BCUT2D eigenvalue weighted by Crippen LogP contribution is 2.28. The van der Waals surface area contributed by atoms with Crippen molar-refractivity contribution in [3.05, 3.63) is 47.5 Å². The maximum Gasteiger partial charge on any atom is 0.323 e. The number of hydrogen-bond donors (Lipinski definition) is 3. The van der Waals surface area contributed by atoms with Gasteiger partial charge in [-0.2, -0.15) is 0 Å². The van der Waals surface area contributed by atoms with Crippen LogP contribution in [0.1, 0.15) is 13.8 Å². The lowest BCUT2D eigenvalue weighted by Crippen LogP contribution is -2.28. The van der Waals surface area contributed by atoms with Crippen molar-refractivity contribution in [1.82, 2.24) is 4.90 Å². The molecule has 0 saturated carbocycles. The molecule has 2 aromatic rings. The number of nitrogens with zero attached hydrogens (tertiary/aromatic N) is 1. The van der Waals surface area contributed by atoms with Gasteiger partial charge in [-0.1, -0.05) is 25.4 Å². The summed E-state index contributed by atoms with van der Waals surface area (Å²) in [5.41, 5.74) is 1.06. The van der Waals surface area contributed by atoms with Crippen LogP contribution in [0.2, 0.25) is 5.02 Å². The van der Waals surface area contributed by atoms with Gasteiger partial charge >= 0.3 is 6.03 Å². The van der Waals surface area contributed by atoms with Crippen LogP contribution in [0.3, 0.4) is 0 Å². The Hall–Kier alpha value is -2.44. The number of hydrogen-bond acceptors (Lipinski definition) is 4. The molecule has 3 N–H and O–H groups in total. The van der Waals surface area contributed by atoms with Crippen LogP contribution in [-0.2, 0) is 0 Å². The molecule has 2 aromatic carbocycles. The maximum atomic E-state index is 12.2. The number of carbonyl (C=O) groups is 1. The van der Waals surface area contributed by atoms with Crippen LogP contribution in [0.5, 0.6) is 11.5 Å². The quantitative estimate of drug-likeness (QED) is 0.596. The molecule has 2 amide bonds. The van der Waals surface area contributed by atoms with E-state index in [0.29, 0.717) is 28.8 Å². The van der Waals surface area contributed by atoms with E-state index in [0.717, 1.165) is 19.6 Å². The first-order chi connectivity index (χ1) is 12.5. The van der Waals surface area contributed by atoms with Crippen molar-refractivity contribution >= 4 is 29.0 Å². The molecule has 2 rings (SSSR count). The Balaban J connectivity index is 1.99. The molecule has 0 unspecified atom stereocenters. The smallest absolute Gasteiger partial charge is 0.323 e. The van der Waals surface area contributed by atoms with Crippen molar-refractivity contribution in [2.75, 3.05) is 36.9 Å². The Kier molecular flexibility index (Phi) is 7.56. The van der Waals surface area contributed by atoms with Gasteiger partial charge in [0.05, 0.1) is 5.69 Å². The summed E-state index contributed by atoms with van der Waals surface area (Å²) in [7, 11) is 0. The van der Waals surface area contributed by atoms with E-state index in [1.54, 1.807) is 30.3 Å². The van der Waals surface area contributed by atoms with Crippen LogP contribution in [0, 0.1) is 0 Å². The van der Waals surface area contributed by atoms with Gasteiger partial charge in [0.2, 0.25) is 0 Å². The lowest BCUT2D eigenvalue weighted by atomic mass is 10.3. The van der Waals surface area contributed by atoms with E-state index in [1.165, 1.54) is 12.1 Å². The second kappa shape index (κ2) is 9.89. The molecule has 26 heavy (non-hydrogen) atoms. The highest BCUT2D eigenvalue weighted by atomic mass is 35.5. The van der Waals surface area contributed by atoms with Crippen molar-refractivity contribution in [2.24, 2.45) is 0 Å². The van der Waals surface area contributed by atoms with Gasteiger partial charge in [0.1, 0.15) is 18.1 Å². The third kappa shape index (κ3) is 6.13. The van der Waals surface area contributed by atoms with E-state index < -0.39 is 6.03 Å². The Bertz CT molecular complexity index is 718. The number of anilines is 2. The summed E-state index contributed by atoms with van der Waals surface area (Å²) in [5, 5.41) is 15.2. The van der Waals surface area contributed by atoms with Crippen LogP contribution < -0.4 is 15.4 Å². The first-order valence-corrected chi connectivity index (χ1v) is 8.91.